The lowest BCUT2D eigenvalue weighted by atomic mass is 10.1. The molecule has 0 bridgehead atoms. The van der Waals surface area contributed by atoms with E-state index in [9.17, 15) is 0 Å². The van der Waals surface area contributed by atoms with Gasteiger partial charge in [0.1, 0.15) is 5.82 Å². The van der Waals surface area contributed by atoms with Crippen LogP contribution in [0.2, 0.25) is 0 Å². The molecule has 14 heavy (non-hydrogen) atoms. The zero-order valence-electron chi connectivity index (χ0n) is 8.07. The van der Waals surface area contributed by atoms with Crippen molar-refractivity contribution in [3.8, 4) is 0 Å². The van der Waals surface area contributed by atoms with Gasteiger partial charge in [-0.3, -0.25) is 4.40 Å². The molecule has 0 amide bonds. The van der Waals surface area contributed by atoms with Gasteiger partial charge in [-0.25, -0.2) is 0 Å². The van der Waals surface area contributed by atoms with Gasteiger partial charge < -0.3 is 5.73 Å². The van der Waals surface area contributed by atoms with Gasteiger partial charge in [-0.2, -0.15) is 0 Å². The molecular weight excluding hydrogens is 176 g/mol. The average molecular weight is 188 g/mol. The largest absolute Gasteiger partial charge is 0.320 e. The van der Waals surface area contributed by atoms with Gasteiger partial charge in [-0.15, -0.1) is 10.2 Å². The third kappa shape index (κ3) is 0.915. The fourth-order valence-corrected chi connectivity index (χ4v) is 1.86. The molecule has 0 saturated heterocycles. The molecule has 0 atom stereocenters. The van der Waals surface area contributed by atoms with E-state index in [2.05, 4.69) is 16.3 Å². The predicted molar refractivity (Wildman–Crippen MR) is 52.8 cm³/mol. The Morgan fingerprint density at radius 2 is 2.14 bits per heavy atom. The maximum atomic E-state index is 6.19. The first kappa shape index (κ1) is 7.94. The van der Waals surface area contributed by atoms with Crippen LogP contribution in [0.5, 0.6) is 0 Å². The monoisotopic (exact) mass is 188 g/mol. The molecule has 1 fully saturated rings. The smallest absolute Gasteiger partial charge is 0.161 e. The molecule has 3 rings (SSSR count). The van der Waals surface area contributed by atoms with Crippen molar-refractivity contribution in [1.82, 2.24) is 14.6 Å². The number of aryl methyl sites for hydroxylation is 1. The quantitative estimate of drug-likeness (QED) is 0.726. The lowest BCUT2D eigenvalue weighted by molar-refractivity contribution is 0.687. The van der Waals surface area contributed by atoms with Crippen LogP contribution in [0.15, 0.2) is 18.2 Å². The number of nitrogens with zero attached hydrogens (tertiary/aromatic N) is 3. The summed E-state index contributed by atoms with van der Waals surface area (Å²) in [7, 11) is 0. The molecule has 2 N–H and O–H groups in total. The Kier molecular flexibility index (Phi) is 1.32. The Morgan fingerprint density at radius 1 is 1.36 bits per heavy atom. The lowest BCUT2D eigenvalue weighted by Crippen LogP contribution is -2.22. The van der Waals surface area contributed by atoms with Gasteiger partial charge in [0, 0.05) is 5.69 Å². The molecule has 2 heterocycles. The first-order valence-electron chi connectivity index (χ1n) is 4.81. The highest BCUT2D eigenvalue weighted by Gasteiger charge is 2.42. The minimum atomic E-state index is -0.132. The van der Waals surface area contributed by atoms with Crippen molar-refractivity contribution in [2.75, 3.05) is 0 Å². The first-order chi connectivity index (χ1) is 6.71. The Bertz CT molecular complexity index is 496. The van der Waals surface area contributed by atoms with Gasteiger partial charge in [0.25, 0.3) is 0 Å². The lowest BCUT2D eigenvalue weighted by Gasteiger charge is -2.11. The number of hydrogen-bond acceptors (Lipinski definition) is 3. The molecule has 2 aromatic rings. The zero-order chi connectivity index (χ0) is 9.76. The van der Waals surface area contributed by atoms with Crippen LogP contribution in [0.3, 0.4) is 0 Å². The summed E-state index contributed by atoms with van der Waals surface area (Å²) in [5, 5.41) is 8.13. The van der Waals surface area contributed by atoms with E-state index in [4.69, 9.17) is 5.73 Å². The summed E-state index contributed by atoms with van der Waals surface area (Å²) in [6, 6.07) is 6.01. The van der Waals surface area contributed by atoms with Crippen molar-refractivity contribution in [1.29, 1.82) is 0 Å². The minimum absolute atomic E-state index is 0.132. The number of nitrogens with two attached hydrogens (primary N) is 1. The highest BCUT2D eigenvalue weighted by molar-refractivity contribution is 5.42. The van der Waals surface area contributed by atoms with Gasteiger partial charge in [0.15, 0.2) is 5.65 Å². The van der Waals surface area contributed by atoms with E-state index in [1.54, 1.807) is 0 Å². The van der Waals surface area contributed by atoms with Crippen LogP contribution in [0.25, 0.3) is 5.65 Å². The van der Waals surface area contributed by atoms with E-state index in [-0.39, 0.29) is 5.54 Å². The van der Waals surface area contributed by atoms with Gasteiger partial charge in [-0.1, -0.05) is 6.07 Å². The SMILES string of the molecule is Cc1nnc2cccc(C3(N)CC3)n12. The van der Waals surface area contributed by atoms with E-state index in [0.29, 0.717) is 0 Å². The van der Waals surface area contributed by atoms with E-state index in [0.717, 1.165) is 30.0 Å². The average Bonchev–Trinajstić information content (AvgIpc) is 2.83. The fourth-order valence-electron chi connectivity index (χ4n) is 1.86. The summed E-state index contributed by atoms with van der Waals surface area (Å²) in [4.78, 5) is 0. The number of pyridine rings is 1. The molecule has 0 aromatic carbocycles. The molecular formula is C10H12N4. The van der Waals surface area contributed by atoms with Crippen molar-refractivity contribution >= 4 is 5.65 Å². The van der Waals surface area contributed by atoms with Gasteiger partial charge in [0.05, 0.1) is 5.54 Å². The number of rotatable bonds is 1. The molecule has 1 saturated carbocycles. The van der Waals surface area contributed by atoms with Crippen LogP contribution in [0.4, 0.5) is 0 Å². The minimum Gasteiger partial charge on any atom is -0.320 e. The Labute approximate surface area is 81.8 Å². The number of hydrogen-bond donors (Lipinski definition) is 1. The van der Waals surface area contributed by atoms with Crippen molar-refractivity contribution in [2.24, 2.45) is 5.73 Å². The van der Waals surface area contributed by atoms with Crippen molar-refractivity contribution in [2.45, 2.75) is 25.3 Å². The highest BCUT2D eigenvalue weighted by atomic mass is 15.3. The van der Waals surface area contributed by atoms with E-state index < -0.39 is 0 Å². The normalized spacial score (nSPS) is 18.7. The molecule has 1 aliphatic rings. The van der Waals surface area contributed by atoms with Crippen LogP contribution >= 0.6 is 0 Å². The zero-order valence-corrected chi connectivity index (χ0v) is 8.07. The Hall–Kier alpha value is -1.42. The van der Waals surface area contributed by atoms with Crippen molar-refractivity contribution in [3.63, 3.8) is 0 Å². The predicted octanol–water partition coefficient (Wildman–Crippen LogP) is 0.986. The Balaban J connectivity index is 2.37. The molecule has 0 unspecified atom stereocenters. The van der Waals surface area contributed by atoms with E-state index in [1.165, 1.54) is 0 Å². The molecule has 0 aliphatic heterocycles. The standard InChI is InChI=1S/C10H12N4/c1-7-12-13-9-4-2-3-8(14(7)9)10(11)5-6-10/h2-4H,5-6,11H2,1H3. The molecule has 0 spiro atoms. The van der Waals surface area contributed by atoms with Gasteiger partial charge >= 0.3 is 0 Å². The highest BCUT2D eigenvalue weighted by Crippen LogP contribution is 2.42. The summed E-state index contributed by atoms with van der Waals surface area (Å²) < 4.78 is 2.05. The maximum Gasteiger partial charge on any atom is 0.161 e. The first-order valence-corrected chi connectivity index (χ1v) is 4.81. The molecule has 72 valence electrons. The Morgan fingerprint density at radius 3 is 2.86 bits per heavy atom. The summed E-state index contributed by atoms with van der Waals surface area (Å²) in [5.41, 5.74) is 8.08. The van der Waals surface area contributed by atoms with Crippen LogP contribution in [-0.4, -0.2) is 14.6 Å². The van der Waals surface area contributed by atoms with Crippen LogP contribution in [0.1, 0.15) is 24.4 Å². The summed E-state index contributed by atoms with van der Waals surface area (Å²) >= 11 is 0. The van der Waals surface area contributed by atoms with Gasteiger partial charge in [-0.05, 0) is 31.9 Å². The van der Waals surface area contributed by atoms with E-state index in [1.807, 2.05) is 23.5 Å². The summed E-state index contributed by atoms with van der Waals surface area (Å²) in [5.74, 6) is 0.910. The van der Waals surface area contributed by atoms with Crippen LogP contribution in [0, 0.1) is 6.92 Å². The molecule has 1 aliphatic carbocycles. The fraction of sp³-hybridized carbons (Fsp3) is 0.400. The second kappa shape index (κ2) is 2.33. The third-order valence-electron chi connectivity index (χ3n) is 2.89. The van der Waals surface area contributed by atoms with Crippen LogP contribution in [-0.2, 0) is 5.54 Å². The van der Waals surface area contributed by atoms with Crippen molar-refractivity contribution < 1.29 is 0 Å². The molecule has 0 radical (unpaired) electrons. The summed E-state index contributed by atoms with van der Waals surface area (Å²) in [6.45, 7) is 1.95. The third-order valence-corrected chi connectivity index (χ3v) is 2.89. The van der Waals surface area contributed by atoms with Crippen LogP contribution < -0.4 is 5.73 Å². The summed E-state index contributed by atoms with van der Waals surface area (Å²) in [6.07, 6.45) is 2.12. The molecule has 4 heteroatoms. The molecule has 2 aromatic heterocycles. The number of aromatic nitrogens is 3. The number of fused-ring (bicyclic) bond motifs is 1. The topological polar surface area (TPSA) is 56.2 Å². The van der Waals surface area contributed by atoms with Gasteiger partial charge in [0.2, 0.25) is 0 Å². The second-order valence-corrected chi connectivity index (χ2v) is 4.01. The van der Waals surface area contributed by atoms with E-state index >= 15 is 0 Å². The second-order valence-electron chi connectivity index (χ2n) is 4.01. The maximum absolute atomic E-state index is 6.19. The molecule has 4 nitrogen and oxygen atoms in total. The van der Waals surface area contributed by atoms with Crippen molar-refractivity contribution in [3.05, 3.63) is 29.7 Å².